The van der Waals surface area contributed by atoms with E-state index in [0.29, 0.717) is 37.4 Å². The summed E-state index contributed by atoms with van der Waals surface area (Å²) < 4.78 is 6.83. The van der Waals surface area contributed by atoms with Gasteiger partial charge in [0.25, 0.3) is 0 Å². The normalized spacial score (nSPS) is 14.4. The van der Waals surface area contributed by atoms with Crippen LogP contribution < -0.4 is 5.69 Å². The van der Waals surface area contributed by atoms with E-state index in [1.54, 1.807) is 9.80 Å². The molecule has 0 spiro atoms. The van der Waals surface area contributed by atoms with Gasteiger partial charge in [0.2, 0.25) is 5.91 Å². The molecule has 33 heavy (non-hydrogen) atoms. The highest BCUT2D eigenvalue weighted by atomic mass is 16.6. The zero-order valence-electron chi connectivity index (χ0n) is 19.2. The van der Waals surface area contributed by atoms with Gasteiger partial charge in [0.1, 0.15) is 12.1 Å². The van der Waals surface area contributed by atoms with Crippen LogP contribution in [0.1, 0.15) is 20.8 Å². The van der Waals surface area contributed by atoms with Crippen molar-refractivity contribution in [1.82, 2.24) is 19.4 Å². The van der Waals surface area contributed by atoms with Crippen LogP contribution in [-0.2, 0) is 16.1 Å². The van der Waals surface area contributed by atoms with Crippen molar-refractivity contribution in [1.29, 1.82) is 0 Å². The topological polar surface area (TPSA) is 84.7 Å². The number of hydrogen-bond acceptors (Lipinski definition) is 5. The fraction of sp³-hybridized carbons (Fsp3) is 0.360. The molecule has 3 aromatic rings. The van der Waals surface area contributed by atoms with Crippen molar-refractivity contribution in [3.05, 3.63) is 65.1 Å². The molecule has 8 heteroatoms. The van der Waals surface area contributed by atoms with Crippen molar-refractivity contribution in [3.63, 3.8) is 0 Å². The molecule has 0 bridgehead atoms. The lowest BCUT2D eigenvalue weighted by atomic mass is 10.1. The van der Waals surface area contributed by atoms with Crippen LogP contribution in [0, 0.1) is 0 Å². The number of piperazine rings is 1. The molecule has 0 radical (unpaired) electrons. The number of ether oxygens (including phenoxy) is 1. The number of carbonyl (C=O) groups excluding carboxylic acids is 2. The Hall–Kier alpha value is -3.68. The van der Waals surface area contributed by atoms with Crippen molar-refractivity contribution in [2.24, 2.45) is 0 Å². The Balaban J connectivity index is 1.52. The van der Waals surface area contributed by atoms with E-state index in [1.807, 2.05) is 75.4 Å². The van der Waals surface area contributed by atoms with E-state index in [-0.39, 0.29) is 18.5 Å². The minimum Gasteiger partial charge on any atom is -0.444 e. The number of rotatable bonds is 3. The van der Waals surface area contributed by atoms with Crippen LogP contribution in [0.4, 0.5) is 4.79 Å². The first-order chi connectivity index (χ1) is 15.7. The molecule has 2 aromatic carbocycles. The molecular weight excluding hydrogens is 420 g/mol. The van der Waals surface area contributed by atoms with E-state index >= 15 is 0 Å². The Morgan fingerprint density at radius 2 is 1.52 bits per heavy atom. The van der Waals surface area contributed by atoms with Gasteiger partial charge in [-0.15, -0.1) is 0 Å². The summed E-state index contributed by atoms with van der Waals surface area (Å²) in [6.45, 7) is 6.93. The lowest BCUT2D eigenvalue weighted by Crippen LogP contribution is -2.52. The van der Waals surface area contributed by atoms with Crippen LogP contribution in [-0.4, -0.2) is 63.1 Å². The average molecular weight is 449 g/mol. The van der Waals surface area contributed by atoms with Crippen LogP contribution in [0.2, 0.25) is 0 Å². The Morgan fingerprint density at radius 3 is 2.18 bits per heavy atom. The van der Waals surface area contributed by atoms with Crippen LogP contribution in [0.3, 0.4) is 0 Å². The Morgan fingerprint density at radius 1 is 0.909 bits per heavy atom. The largest absolute Gasteiger partial charge is 0.444 e. The van der Waals surface area contributed by atoms with Crippen LogP contribution in [0.25, 0.3) is 22.2 Å². The van der Waals surface area contributed by atoms with Gasteiger partial charge >= 0.3 is 11.8 Å². The second-order valence-electron chi connectivity index (χ2n) is 9.06. The maximum absolute atomic E-state index is 13.0. The molecular formula is C25H28N4O4. The standard InChI is InChI=1S/C25H28N4O4/c1-25(2,3)33-24(32)28-15-13-27(14-16-28)21(30)17-29-20-12-8-7-11-19(20)22(26-23(29)31)18-9-5-4-6-10-18/h4-12H,13-17H2,1-3H3. The van der Waals surface area contributed by atoms with Crippen molar-refractivity contribution < 1.29 is 14.3 Å². The molecule has 0 atom stereocenters. The summed E-state index contributed by atoms with van der Waals surface area (Å²) in [6.07, 6.45) is -0.377. The van der Waals surface area contributed by atoms with Gasteiger partial charge in [0.15, 0.2) is 0 Å². The first kappa shape index (κ1) is 22.5. The number of amides is 2. The number of fused-ring (bicyclic) bond motifs is 1. The van der Waals surface area contributed by atoms with E-state index in [2.05, 4.69) is 4.98 Å². The lowest BCUT2D eigenvalue weighted by molar-refractivity contribution is -0.133. The molecule has 1 aliphatic rings. The zero-order chi connectivity index (χ0) is 23.6. The highest BCUT2D eigenvalue weighted by Gasteiger charge is 2.28. The highest BCUT2D eigenvalue weighted by Crippen LogP contribution is 2.25. The number of aromatic nitrogens is 2. The van der Waals surface area contributed by atoms with E-state index < -0.39 is 11.3 Å². The van der Waals surface area contributed by atoms with Gasteiger partial charge in [-0.25, -0.2) is 9.59 Å². The Kier molecular flexibility index (Phi) is 6.18. The van der Waals surface area contributed by atoms with Gasteiger partial charge < -0.3 is 14.5 Å². The molecule has 2 heterocycles. The smallest absolute Gasteiger partial charge is 0.410 e. The van der Waals surface area contributed by atoms with Crippen LogP contribution in [0.5, 0.6) is 0 Å². The van der Waals surface area contributed by atoms with E-state index in [4.69, 9.17) is 4.74 Å². The van der Waals surface area contributed by atoms with Gasteiger partial charge in [-0.05, 0) is 26.8 Å². The predicted molar refractivity (Wildman–Crippen MR) is 126 cm³/mol. The van der Waals surface area contributed by atoms with E-state index in [1.165, 1.54) is 4.57 Å². The molecule has 172 valence electrons. The summed E-state index contributed by atoms with van der Waals surface area (Å²) in [5.41, 5.74) is 1.09. The first-order valence-electron chi connectivity index (χ1n) is 11.0. The minimum atomic E-state index is -0.564. The summed E-state index contributed by atoms with van der Waals surface area (Å²) in [4.78, 5) is 45.8. The molecule has 1 aliphatic heterocycles. The van der Waals surface area contributed by atoms with E-state index in [0.717, 1.165) is 10.9 Å². The maximum Gasteiger partial charge on any atom is 0.410 e. The number of carbonyl (C=O) groups is 2. The highest BCUT2D eigenvalue weighted by molar-refractivity contribution is 5.93. The molecule has 8 nitrogen and oxygen atoms in total. The van der Waals surface area contributed by atoms with Gasteiger partial charge in [0.05, 0.1) is 11.2 Å². The molecule has 1 aromatic heterocycles. The SMILES string of the molecule is CC(C)(C)OC(=O)N1CCN(C(=O)Cn2c(=O)nc(-c3ccccc3)c3ccccc32)CC1. The maximum atomic E-state index is 13.0. The number of nitrogens with zero attached hydrogens (tertiary/aromatic N) is 4. The minimum absolute atomic E-state index is 0.103. The molecule has 0 saturated carbocycles. The summed E-state index contributed by atoms with van der Waals surface area (Å²) >= 11 is 0. The summed E-state index contributed by atoms with van der Waals surface area (Å²) in [7, 11) is 0. The van der Waals surface area contributed by atoms with E-state index in [9.17, 15) is 14.4 Å². The summed E-state index contributed by atoms with van der Waals surface area (Å²) in [5, 5.41) is 0.811. The molecule has 1 saturated heterocycles. The van der Waals surface area contributed by atoms with Crippen molar-refractivity contribution >= 4 is 22.9 Å². The monoisotopic (exact) mass is 448 g/mol. The average Bonchev–Trinajstić information content (AvgIpc) is 2.80. The number of para-hydroxylation sites is 1. The fourth-order valence-electron chi connectivity index (χ4n) is 3.90. The number of benzene rings is 2. The molecule has 4 rings (SSSR count). The second kappa shape index (κ2) is 9.05. The van der Waals surface area contributed by atoms with Crippen LogP contribution in [0.15, 0.2) is 59.4 Å². The zero-order valence-corrected chi connectivity index (χ0v) is 19.2. The molecule has 1 fully saturated rings. The van der Waals surface area contributed by atoms with Gasteiger partial charge in [-0.1, -0.05) is 48.5 Å². The van der Waals surface area contributed by atoms with Gasteiger partial charge in [-0.3, -0.25) is 9.36 Å². The van der Waals surface area contributed by atoms with Crippen molar-refractivity contribution in [3.8, 4) is 11.3 Å². The molecule has 0 unspecified atom stereocenters. The van der Waals surface area contributed by atoms with Crippen molar-refractivity contribution in [2.75, 3.05) is 26.2 Å². The van der Waals surface area contributed by atoms with Gasteiger partial charge in [-0.2, -0.15) is 4.98 Å². The molecule has 0 aliphatic carbocycles. The third kappa shape index (κ3) is 5.05. The number of hydrogen-bond donors (Lipinski definition) is 0. The predicted octanol–water partition coefficient (Wildman–Crippen LogP) is 3.14. The van der Waals surface area contributed by atoms with Crippen molar-refractivity contribution in [2.45, 2.75) is 32.9 Å². The van der Waals surface area contributed by atoms with Gasteiger partial charge in [0, 0.05) is 37.1 Å². The summed E-state index contributed by atoms with van der Waals surface area (Å²) in [6, 6.07) is 17.0. The molecule has 0 N–H and O–H groups in total. The van der Waals surface area contributed by atoms with Crippen LogP contribution >= 0.6 is 0 Å². The first-order valence-corrected chi connectivity index (χ1v) is 11.0. The lowest BCUT2D eigenvalue weighted by Gasteiger charge is -2.35. The third-order valence-corrected chi connectivity index (χ3v) is 5.51. The third-order valence-electron chi connectivity index (χ3n) is 5.51. The summed E-state index contributed by atoms with van der Waals surface area (Å²) in [5.74, 6) is -0.180. The second-order valence-corrected chi connectivity index (χ2v) is 9.06. The quantitative estimate of drug-likeness (QED) is 0.615. The molecule has 2 amide bonds. The fourth-order valence-corrected chi connectivity index (χ4v) is 3.90. The Labute approximate surface area is 192 Å². The Bertz CT molecular complexity index is 1220.